The van der Waals surface area contributed by atoms with Crippen LogP contribution in [0, 0.1) is 11.8 Å². The van der Waals surface area contributed by atoms with E-state index in [9.17, 15) is 9.59 Å². The van der Waals surface area contributed by atoms with Crippen molar-refractivity contribution in [2.45, 2.75) is 32.4 Å². The summed E-state index contributed by atoms with van der Waals surface area (Å²) in [4.78, 5) is 32.2. The van der Waals surface area contributed by atoms with Crippen LogP contribution >= 0.6 is 0 Å². The number of para-hydroxylation sites is 1. The van der Waals surface area contributed by atoms with Gasteiger partial charge in [-0.05, 0) is 26.3 Å². The second-order valence-electron chi connectivity index (χ2n) is 8.31. The molecular weight excluding hydrogens is 378 g/mol. The summed E-state index contributed by atoms with van der Waals surface area (Å²) in [5.74, 6) is -0.539. The number of hydrogen-bond donors (Lipinski definition) is 2. The summed E-state index contributed by atoms with van der Waals surface area (Å²) in [7, 11) is 1.63. The predicted octanol–water partition coefficient (Wildman–Crippen LogP) is 3.34. The van der Waals surface area contributed by atoms with Crippen LogP contribution in [0.25, 0.3) is 10.9 Å². The van der Waals surface area contributed by atoms with Crippen LogP contribution in [-0.4, -0.2) is 48.0 Å². The van der Waals surface area contributed by atoms with Gasteiger partial charge in [0, 0.05) is 53.9 Å². The molecule has 0 radical (unpaired) electrons. The van der Waals surface area contributed by atoms with Crippen molar-refractivity contribution in [3.05, 3.63) is 59.8 Å². The Morgan fingerprint density at radius 2 is 2.13 bits per heavy atom. The third-order valence-electron chi connectivity index (χ3n) is 6.03. The third-order valence-corrected chi connectivity index (χ3v) is 6.03. The molecule has 1 aliphatic heterocycles. The first kappa shape index (κ1) is 20.4. The summed E-state index contributed by atoms with van der Waals surface area (Å²) in [6.45, 7) is 4.77. The molecule has 158 valence electrons. The topological polar surface area (TPSA) is 74.4 Å². The number of methoxy groups -OCH3 is 1. The maximum Gasteiger partial charge on any atom is 0.250 e. The first-order valence-corrected chi connectivity index (χ1v) is 10.6. The number of allylic oxidation sites excluding steroid dienone is 3. The number of amides is 2. The second-order valence-corrected chi connectivity index (χ2v) is 8.31. The number of H-pyrrole nitrogens is 1. The largest absolute Gasteiger partial charge is 0.383 e. The van der Waals surface area contributed by atoms with Crippen molar-refractivity contribution in [3.8, 4) is 0 Å². The Hall–Kier alpha value is -2.86. The van der Waals surface area contributed by atoms with Gasteiger partial charge in [-0.2, -0.15) is 0 Å². The zero-order chi connectivity index (χ0) is 21.3. The van der Waals surface area contributed by atoms with Gasteiger partial charge in [0.2, 0.25) is 5.91 Å². The lowest BCUT2D eigenvalue weighted by Crippen LogP contribution is -2.54. The molecule has 0 saturated carbocycles. The number of carbonyl (C=O) groups is 2. The fourth-order valence-corrected chi connectivity index (χ4v) is 4.76. The molecule has 1 aromatic heterocycles. The number of ether oxygens (including phenoxy) is 1. The number of rotatable bonds is 6. The molecule has 2 amide bonds. The minimum Gasteiger partial charge on any atom is -0.383 e. The number of benzene rings is 1. The van der Waals surface area contributed by atoms with Crippen molar-refractivity contribution >= 4 is 22.7 Å². The van der Waals surface area contributed by atoms with E-state index in [0.29, 0.717) is 25.1 Å². The summed E-state index contributed by atoms with van der Waals surface area (Å²) < 4.78 is 5.31. The number of piperidine rings is 1. The summed E-state index contributed by atoms with van der Waals surface area (Å²) in [6, 6.07) is 7.69. The molecule has 0 spiro atoms. The molecule has 2 N–H and O–H groups in total. The summed E-state index contributed by atoms with van der Waals surface area (Å²) in [6.07, 6.45) is 8.48. The first-order chi connectivity index (χ1) is 14.5. The Kier molecular flexibility index (Phi) is 5.77. The maximum absolute atomic E-state index is 13.5. The molecule has 2 heterocycles. The molecule has 3 unspecified atom stereocenters. The van der Waals surface area contributed by atoms with Crippen LogP contribution in [0.3, 0.4) is 0 Å². The number of hydrogen-bond acceptors (Lipinski definition) is 3. The van der Waals surface area contributed by atoms with Gasteiger partial charge in [-0.25, -0.2) is 0 Å². The number of likely N-dealkylation sites (tertiary alicyclic amines) is 1. The van der Waals surface area contributed by atoms with Crippen molar-refractivity contribution in [3.63, 3.8) is 0 Å². The van der Waals surface area contributed by atoms with E-state index in [1.54, 1.807) is 7.11 Å². The van der Waals surface area contributed by atoms with Gasteiger partial charge in [-0.15, -0.1) is 0 Å². The SMILES string of the molecule is COCCN1C(=O)C2=CC=CCC2C(C(=O)NC(C)C)C1c1c[nH]c2ccccc12. The van der Waals surface area contributed by atoms with Crippen LogP contribution < -0.4 is 5.32 Å². The van der Waals surface area contributed by atoms with Gasteiger partial charge in [-0.3, -0.25) is 9.59 Å². The molecule has 1 aromatic carbocycles. The Morgan fingerprint density at radius 1 is 1.33 bits per heavy atom. The lowest BCUT2D eigenvalue weighted by molar-refractivity contribution is -0.142. The third kappa shape index (κ3) is 3.56. The Bertz CT molecular complexity index is 1000. The monoisotopic (exact) mass is 407 g/mol. The van der Waals surface area contributed by atoms with E-state index in [2.05, 4.69) is 10.3 Å². The number of aromatic nitrogens is 1. The van der Waals surface area contributed by atoms with Crippen molar-refractivity contribution in [1.82, 2.24) is 15.2 Å². The molecule has 1 aliphatic carbocycles. The van der Waals surface area contributed by atoms with Crippen molar-refractivity contribution in [1.29, 1.82) is 0 Å². The normalized spacial score (nSPS) is 23.6. The highest BCUT2D eigenvalue weighted by molar-refractivity contribution is 5.99. The minimum atomic E-state index is -0.377. The molecule has 3 atom stereocenters. The highest BCUT2D eigenvalue weighted by Gasteiger charge is 2.49. The van der Waals surface area contributed by atoms with E-state index in [-0.39, 0.29) is 35.7 Å². The average Bonchev–Trinajstić information content (AvgIpc) is 3.16. The molecule has 1 fully saturated rings. The highest BCUT2D eigenvalue weighted by Crippen LogP contribution is 2.47. The summed E-state index contributed by atoms with van der Waals surface area (Å²) >= 11 is 0. The molecule has 2 aliphatic rings. The number of carbonyl (C=O) groups excluding carboxylic acids is 2. The van der Waals surface area contributed by atoms with E-state index in [1.165, 1.54) is 0 Å². The van der Waals surface area contributed by atoms with E-state index < -0.39 is 0 Å². The molecule has 6 heteroatoms. The van der Waals surface area contributed by atoms with Crippen LogP contribution in [0.2, 0.25) is 0 Å². The number of nitrogens with one attached hydrogen (secondary N) is 2. The van der Waals surface area contributed by atoms with Gasteiger partial charge >= 0.3 is 0 Å². The molecule has 2 aromatic rings. The van der Waals surface area contributed by atoms with Gasteiger partial charge in [0.25, 0.3) is 5.91 Å². The lowest BCUT2D eigenvalue weighted by Gasteiger charge is -2.46. The van der Waals surface area contributed by atoms with Crippen molar-refractivity contribution < 1.29 is 14.3 Å². The lowest BCUT2D eigenvalue weighted by atomic mass is 9.70. The van der Waals surface area contributed by atoms with Gasteiger partial charge in [0.05, 0.1) is 18.6 Å². The maximum atomic E-state index is 13.5. The van der Waals surface area contributed by atoms with E-state index >= 15 is 0 Å². The van der Waals surface area contributed by atoms with E-state index in [1.807, 2.05) is 67.4 Å². The van der Waals surface area contributed by atoms with Gasteiger partial charge in [0.15, 0.2) is 0 Å². The van der Waals surface area contributed by atoms with Gasteiger partial charge in [0.1, 0.15) is 0 Å². The van der Waals surface area contributed by atoms with Crippen LogP contribution in [0.5, 0.6) is 0 Å². The molecule has 0 bridgehead atoms. The van der Waals surface area contributed by atoms with Crippen LogP contribution in [-0.2, 0) is 14.3 Å². The van der Waals surface area contributed by atoms with Gasteiger partial charge in [-0.1, -0.05) is 36.4 Å². The Balaban J connectivity index is 1.87. The fourth-order valence-electron chi connectivity index (χ4n) is 4.76. The highest BCUT2D eigenvalue weighted by atomic mass is 16.5. The fraction of sp³-hybridized carbons (Fsp3) is 0.417. The molecular formula is C24H29N3O3. The van der Waals surface area contributed by atoms with Crippen LogP contribution in [0.1, 0.15) is 31.9 Å². The summed E-state index contributed by atoms with van der Waals surface area (Å²) in [5.41, 5.74) is 2.70. The van der Waals surface area contributed by atoms with E-state index in [0.717, 1.165) is 16.5 Å². The number of aromatic amines is 1. The Morgan fingerprint density at radius 3 is 2.90 bits per heavy atom. The van der Waals surface area contributed by atoms with Gasteiger partial charge < -0.3 is 19.9 Å². The average molecular weight is 408 g/mol. The standard InChI is InChI=1S/C24H29N3O3/c1-15(2)26-23(28)21-17-9-4-5-10-18(17)24(29)27(12-13-30-3)22(21)19-14-25-20-11-7-6-8-16(19)20/h4-8,10-11,14-15,17,21-22,25H,9,12-13H2,1-3H3,(H,26,28). The van der Waals surface area contributed by atoms with Crippen LogP contribution in [0.15, 0.2) is 54.3 Å². The molecule has 30 heavy (non-hydrogen) atoms. The van der Waals surface area contributed by atoms with Crippen molar-refractivity contribution in [2.24, 2.45) is 11.8 Å². The molecule has 6 nitrogen and oxygen atoms in total. The van der Waals surface area contributed by atoms with Crippen LogP contribution in [0.4, 0.5) is 0 Å². The van der Waals surface area contributed by atoms with Crippen molar-refractivity contribution in [2.75, 3.05) is 20.3 Å². The number of fused-ring (bicyclic) bond motifs is 2. The number of nitrogens with zero attached hydrogens (tertiary/aromatic N) is 1. The Labute approximate surface area is 177 Å². The smallest absolute Gasteiger partial charge is 0.250 e. The quantitative estimate of drug-likeness (QED) is 0.771. The predicted molar refractivity (Wildman–Crippen MR) is 117 cm³/mol. The second kappa shape index (κ2) is 8.48. The molecule has 4 rings (SSSR count). The minimum absolute atomic E-state index is 0.00900. The van der Waals surface area contributed by atoms with E-state index in [4.69, 9.17) is 4.74 Å². The summed E-state index contributed by atoms with van der Waals surface area (Å²) in [5, 5.41) is 4.15. The zero-order valence-corrected chi connectivity index (χ0v) is 17.7. The zero-order valence-electron chi connectivity index (χ0n) is 17.7. The molecule has 1 saturated heterocycles. The first-order valence-electron chi connectivity index (χ1n) is 10.6.